The summed E-state index contributed by atoms with van der Waals surface area (Å²) < 4.78 is 5.04. The highest BCUT2D eigenvalue weighted by atomic mass is 16.5. The van der Waals surface area contributed by atoms with Gasteiger partial charge in [-0.1, -0.05) is 78.9 Å². The molecule has 0 aliphatic carbocycles. The molecule has 0 heterocycles. The number of anilines is 1. The average Bonchev–Trinajstić information content (AvgIpc) is 2.73. The molecule has 4 heteroatoms. The van der Waals surface area contributed by atoms with Gasteiger partial charge in [0.15, 0.2) is 6.04 Å². The first kappa shape index (κ1) is 18.4. The van der Waals surface area contributed by atoms with Gasteiger partial charge in [0.25, 0.3) is 0 Å². The van der Waals surface area contributed by atoms with Crippen molar-refractivity contribution >= 4 is 17.6 Å². The van der Waals surface area contributed by atoms with E-state index in [9.17, 15) is 9.59 Å². The summed E-state index contributed by atoms with van der Waals surface area (Å²) in [4.78, 5) is 27.5. The Morgan fingerprint density at radius 2 is 1.33 bits per heavy atom. The molecule has 4 nitrogen and oxygen atoms in total. The topological polar surface area (TPSA) is 46.6 Å². The van der Waals surface area contributed by atoms with E-state index in [0.717, 1.165) is 5.56 Å². The van der Waals surface area contributed by atoms with Gasteiger partial charge in [0.05, 0.1) is 13.5 Å². The molecule has 0 fully saturated rings. The van der Waals surface area contributed by atoms with Gasteiger partial charge >= 0.3 is 5.97 Å². The molecule has 0 unspecified atom stereocenters. The van der Waals surface area contributed by atoms with Gasteiger partial charge in [-0.05, 0) is 23.3 Å². The molecule has 0 saturated heterocycles. The number of nitrogens with zero attached hydrogens (tertiary/aromatic N) is 1. The first-order chi connectivity index (χ1) is 13.2. The summed E-state index contributed by atoms with van der Waals surface area (Å²) in [5.74, 6) is -0.655. The minimum atomic E-state index is -0.852. The number of ether oxygens (including phenoxy) is 1. The number of para-hydroxylation sites is 1. The summed E-state index contributed by atoms with van der Waals surface area (Å²) in [5.41, 5.74) is 2.24. The first-order valence-electron chi connectivity index (χ1n) is 8.74. The molecular weight excluding hydrogens is 338 g/mol. The van der Waals surface area contributed by atoms with Crippen molar-refractivity contribution in [3.8, 4) is 0 Å². The highest BCUT2D eigenvalue weighted by molar-refractivity contribution is 6.00. The average molecular weight is 359 g/mol. The molecule has 0 aliphatic heterocycles. The third-order valence-corrected chi connectivity index (χ3v) is 4.30. The molecule has 3 aromatic rings. The van der Waals surface area contributed by atoms with Gasteiger partial charge in [-0.2, -0.15) is 0 Å². The van der Waals surface area contributed by atoms with E-state index in [4.69, 9.17) is 4.74 Å². The van der Waals surface area contributed by atoms with Crippen molar-refractivity contribution in [2.75, 3.05) is 12.0 Å². The van der Waals surface area contributed by atoms with Crippen LogP contribution in [0.3, 0.4) is 0 Å². The van der Waals surface area contributed by atoms with Gasteiger partial charge in [-0.25, -0.2) is 4.79 Å². The number of hydrogen-bond donors (Lipinski definition) is 0. The maximum absolute atomic E-state index is 13.3. The number of benzene rings is 3. The van der Waals surface area contributed by atoms with Crippen molar-refractivity contribution in [3.63, 3.8) is 0 Å². The Morgan fingerprint density at radius 3 is 1.89 bits per heavy atom. The van der Waals surface area contributed by atoms with Gasteiger partial charge in [0, 0.05) is 5.69 Å². The molecule has 27 heavy (non-hydrogen) atoms. The zero-order valence-corrected chi connectivity index (χ0v) is 15.1. The number of methoxy groups -OCH3 is 1. The number of rotatable bonds is 6. The Morgan fingerprint density at radius 1 is 0.815 bits per heavy atom. The van der Waals surface area contributed by atoms with Crippen LogP contribution in [-0.2, 0) is 20.7 Å². The number of carbonyl (C=O) groups excluding carboxylic acids is 2. The largest absolute Gasteiger partial charge is 0.467 e. The van der Waals surface area contributed by atoms with E-state index >= 15 is 0 Å². The second-order valence-corrected chi connectivity index (χ2v) is 6.10. The molecule has 3 rings (SSSR count). The lowest BCUT2D eigenvalue weighted by molar-refractivity contribution is -0.143. The monoisotopic (exact) mass is 359 g/mol. The third-order valence-electron chi connectivity index (χ3n) is 4.30. The Balaban J connectivity index is 2.04. The van der Waals surface area contributed by atoms with Crippen LogP contribution in [0.5, 0.6) is 0 Å². The lowest BCUT2D eigenvalue weighted by Gasteiger charge is -2.30. The van der Waals surface area contributed by atoms with E-state index in [-0.39, 0.29) is 12.3 Å². The fourth-order valence-electron chi connectivity index (χ4n) is 3.02. The van der Waals surface area contributed by atoms with Crippen LogP contribution in [0.1, 0.15) is 17.2 Å². The number of esters is 1. The van der Waals surface area contributed by atoms with Crippen LogP contribution in [0.2, 0.25) is 0 Å². The predicted molar refractivity (Wildman–Crippen MR) is 105 cm³/mol. The number of hydrogen-bond acceptors (Lipinski definition) is 3. The molecule has 0 aromatic heterocycles. The van der Waals surface area contributed by atoms with Crippen LogP contribution < -0.4 is 4.90 Å². The molecular formula is C23H21NO3. The molecule has 0 radical (unpaired) electrons. The lowest BCUT2D eigenvalue weighted by Crippen LogP contribution is -2.40. The highest BCUT2D eigenvalue weighted by Crippen LogP contribution is 2.29. The van der Waals surface area contributed by atoms with Gasteiger partial charge < -0.3 is 4.74 Å². The van der Waals surface area contributed by atoms with Crippen LogP contribution in [-0.4, -0.2) is 19.0 Å². The predicted octanol–water partition coefficient (Wildman–Crippen LogP) is 4.18. The van der Waals surface area contributed by atoms with Gasteiger partial charge in [0.2, 0.25) is 5.91 Å². The van der Waals surface area contributed by atoms with E-state index < -0.39 is 12.0 Å². The van der Waals surface area contributed by atoms with Crippen LogP contribution in [0.15, 0.2) is 91.0 Å². The molecule has 0 N–H and O–H groups in total. The second-order valence-electron chi connectivity index (χ2n) is 6.10. The summed E-state index contributed by atoms with van der Waals surface area (Å²) in [6.07, 6.45) is 0.191. The quantitative estimate of drug-likeness (QED) is 0.621. The molecule has 1 amide bonds. The summed E-state index contributed by atoms with van der Waals surface area (Å²) in [6, 6.07) is 27.1. The maximum atomic E-state index is 13.3. The van der Waals surface area contributed by atoms with Crippen LogP contribution in [0, 0.1) is 0 Å². The van der Waals surface area contributed by atoms with Crippen molar-refractivity contribution in [3.05, 3.63) is 102 Å². The Bertz CT molecular complexity index is 879. The molecule has 1 atom stereocenters. The minimum absolute atomic E-state index is 0.174. The molecule has 3 aromatic carbocycles. The SMILES string of the molecule is COC(=O)[C@H](c1ccccc1)N(C(=O)Cc1ccccc1)c1ccccc1. The van der Waals surface area contributed by atoms with Crippen LogP contribution in [0.25, 0.3) is 0 Å². The number of amides is 1. The standard InChI is InChI=1S/C23H21NO3/c1-27-23(26)22(19-13-7-3-8-14-19)24(20-15-9-4-10-16-20)21(25)17-18-11-5-2-6-12-18/h2-16,22H,17H2,1H3/t22-/m0/s1. The lowest BCUT2D eigenvalue weighted by atomic mass is 10.0. The van der Waals surface area contributed by atoms with Crippen molar-refractivity contribution in [2.24, 2.45) is 0 Å². The van der Waals surface area contributed by atoms with Crippen molar-refractivity contribution in [2.45, 2.75) is 12.5 Å². The van der Waals surface area contributed by atoms with Crippen LogP contribution >= 0.6 is 0 Å². The fraction of sp³-hybridized carbons (Fsp3) is 0.130. The normalized spacial score (nSPS) is 11.4. The van der Waals surface area contributed by atoms with E-state index in [0.29, 0.717) is 11.3 Å². The summed E-state index contributed by atoms with van der Waals surface area (Å²) >= 11 is 0. The van der Waals surface area contributed by atoms with Crippen molar-refractivity contribution < 1.29 is 14.3 Å². The summed E-state index contributed by atoms with van der Waals surface area (Å²) in [6.45, 7) is 0. The Kier molecular flexibility index (Phi) is 6.00. The zero-order valence-electron chi connectivity index (χ0n) is 15.1. The Hall–Kier alpha value is -3.40. The molecule has 0 bridgehead atoms. The Labute approximate surface area is 159 Å². The van der Waals surface area contributed by atoms with E-state index in [1.165, 1.54) is 12.0 Å². The molecule has 0 aliphatic rings. The maximum Gasteiger partial charge on any atom is 0.333 e. The number of carbonyl (C=O) groups is 2. The minimum Gasteiger partial charge on any atom is -0.467 e. The smallest absolute Gasteiger partial charge is 0.333 e. The molecule has 136 valence electrons. The highest BCUT2D eigenvalue weighted by Gasteiger charge is 2.33. The van der Waals surface area contributed by atoms with Crippen molar-refractivity contribution in [1.82, 2.24) is 0 Å². The second kappa shape index (κ2) is 8.81. The van der Waals surface area contributed by atoms with E-state index in [2.05, 4.69) is 0 Å². The van der Waals surface area contributed by atoms with Gasteiger partial charge in [-0.3, -0.25) is 9.69 Å². The first-order valence-corrected chi connectivity index (χ1v) is 8.74. The van der Waals surface area contributed by atoms with Gasteiger partial charge in [-0.15, -0.1) is 0 Å². The van der Waals surface area contributed by atoms with E-state index in [1.807, 2.05) is 91.0 Å². The third kappa shape index (κ3) is 4.42. The summed E-state index contributed by atoms with van der Waals surface area (Å²) in [5, 5.41) is 0. The van der Waals surface area contributed by atoms with Crippen molar-refractivity contribution in [1.29, 1.82) is 0 Å². The van der Waals surface area contributed by atoms with Gasteiger partial charge in [0.1, 0.15) is 0 Å². The molecule has 0 saturated carbocycles. The summed E-state index contributed by atoms with van der Waals surface area (Å²) in [7, 11) is 1.34. The van der Waals surface area contributed by atoms with E-state index in [1.54, 1.807) is 0 Å². The van der Waals surface area contributed by atoms with Crippen LogP contribution in [0.4, 0.5) is 5.69 Å². The zero-order chi connectivity index (χ0) is 19.1. The molecule has 0 spiro atoms. The fourth-order valence-corrected chi connectivity index (χ4v) is 3.02.